The van der Waals surface area contributed by atoms with Crippen molar-refractivity contribution in [2.75, 3.05) is 37.1 Å². The van der Waals surface area contributed by atoms with Crippen LogP contribution in [0.15, 0.2) is 40.9 Å². The van der Waals surface area contributed by atoms with Gasteiger partial charge in [0.2, 0.25) is 11.8 Å². The first-order valence-electron chi connectivity index (χ1n) is 9.35. The molecule has 0 saturated carbocycles. The molecule has 8 nitrogen and oxygen atoms in total. The number of hydrogen-bond acceptors (Lipinski definition) is 6. The fourth-order valence-corrected chi connectivity index (χ4v) is 3.83. The molecule has 1 saturated heterocycles. The summed E-state index contributed by atoms with van der Waals surface area (Å²) in [6.07, 6.45) is 0.0738. The maximum Gasteiger partial charge on any atom is 0.340 e. The summed E-state index contributed by atoms with van der Waals surface area (Å²) in [6.45, 7) is 1.17. The zero-order valence-corrected chi connectivity index (χ0v) is 17.7. The predicted molar refractivity (Wildman–Crippen MR) is 112 cm³/mol. The Morgan fingerprint density at radius 1 is 1.13 bits per heavy atom. The Bertz CT molecular complexity index is 1020. The van der Waals surface area contributed by atoms with E-state index in [0.29, 0.717) is 40.6 Å². The minimum Gasteiger partial charge on any atom is -0.486 e. The second kappa shape index (κ2) is 8.35. The van der Waals surface area contributed by atoms with Gasteiger partial charge in [0.15, 0.2) is 11.5 Å². The van der Waals surface area contributed by atoms with Gasteiger partial charge in [0.1, 0.15) is 13.2 Å². The molecule has 9 heteroatoms. The molecular weight excluding hydrogens is 456 g/mol. The maximum atomic E-state index is 12.8. The van der Waals surface area contributed by atoms with Crippen LogP contribution in [0.2, 0.25) is 0 Å². The van der Waals surface area contributed by atoms with Gasteiger partial charge >= 0.3 is 5.97 Å². The van der Waals surface area contributed by atoms with Gasteiger partial charge in [-0.1, -0.05) is 15.9 Å². The van der Waals surface area contributed by atoms with Crippen molar-refractivity contribution >= 4 is 45.1 Å². The molecule has 0 spiro atoms. The number of benzene rings is 2. The number of esters is 1. The van der Waals surface area contributed by atoms with Gasteiger partial charge in [-0.15, -0.1) is 0 Å². The fourth-order valence-electron chi connectivity index (χ4n) is 3.47. The normalized spacial score (nSPS) is 17.6. The van der Waals surface area contributed by atoms with Crippen LogP contribution in [0.5, 0.6) is 11.5 Å². The molecule has 1 atom stereocenters. The Labute approximate surface area is 181 Å². The van der Waals surface area contributed by atoms with Crippen LogP contribution in [0.1, 0.15) is 16.8 Å². The van der Waals surface area contributed by atoms with E-state index in [1.54, 1.807) is 41.3 Å². The van der Waals surface area contributed by atoms with Crippen LogP contribution in [0.25, 0.3) is 0 Å². The van der Waals surface area contributed by atoms with E-state index >= 15 is 0 Å². The van der Waals surface area contributed by atoms with E-state index in [1.165, 1.54) is 7.11 Å². The molecular formula is C21H19BrN2O6. The summed E-state index contributed by atoms with van der Waals surface area (Å²) < 4.78 is 16.5. The molecule has 0 radical (unpaired) electrons. The third-order valence-corrected chi connectivity index (χ3v) is 5.47. The van der Waals surface area contributed by atoms with Crippen molar-refractivity contribution in [3.63, 3.8) is 0 Å². The molecule has 1 fully saturated rings. The largest absolute Gasteiger partial charge is 0.486 e. The van der Waals surface area contributed by atoms with E-state index in [-0.39, 0.29) is 30.3 Å². The van der Waals surface area contributed by atoms with E-state index in [2.05, 4.69) is 21.2 Å². The fraction of sp³-hybridized carbons (Fsp3) is 0.286. The van der Waals surface area contributed by atoms with Gasteiger partial charge in [-0.2, -0.15) is 0 Å². The van der Waals surface area contributed by atoms with Gasteiger partial charge in [0.05, 0.1) is 24.3 Å². The summed E-state index contributed by atoms with van der Waals surface area (Å²) in [6, 6.07) is 10.2. The lowest BCUT2D eigenvalue weighted by atomic mass is 10.1. The summed E-state index contributed by atoms with van der Waals surface area (Å²) in [7, 11) is 1.27. The van der Waals surface area contributed by atoms with Gasteiger partial charge in [0.25, 0.3) is 0 Å². The van der Waals surface area contributed by atoms with Crippen LogP contribution in [0, 0.1) is 5.92 Å². The van der Waals surface area contributed by atoms with Crippen LogP contribution in [0.4, 0.5) is 11.4 Å². The number of nitrogens with zero attached hydrogens (tertiary/aromatic N) is 1. The first-order chi connectivity index (χ1) is 14.5. The molecule has 4 rings (SSSR count). The first kappa shape index (κ1) is 20.2. The molecule has 2 aromatic rings. The molecule has 0 aromatic heterocycles. The lowest BCUT2D eigenvalue weighted by Gasteiger charge is -2.22. The van der Waals surface area contributed by atoms with Crippen molar-refractivity contribution < 1.29 is 28.6 Å². The quantitative estimate of drug-likeness (QED) is 0.684. The van der Waals surface area contributed by atoms with Crippen molar-refractivity contribution in [3.8, 4) is 11.5 Å². The van der Waals surface area contributed by atoms with Crippen molar-refractivity contribution in [1.29, 1.82) is 0 Å². The zero-order valence-electron chi connectivity index (χ0n) is 16.1. The Balaban J connectivity index is 1.49. The topological polar surface area (TPSA) is 94.2 Å². The van der Waals surface area contributed by atoms with Gasteiger partial charge in [-0.25, -0.2) is 4.79 Å². The summed E-state index contributed by atoms with van der Waals surface area (Å²) in [4.78, 5) is 39.0. The summed E-state index contributed by atoms with van der Waals surface area (Å²) in [5, 5.41) is 2.75. The minimum absolute atomic E-state index is 0.0738. The van der Waals surface area contributed by atoms with Crippen molar-refractivity contribution in [1.82, 2.24) is 0 Å². The summed E-state index contributed by atoms with van der Waals surface area (Å²) in [5.74, 6) is -0.396. The van der Waals surface area contributed by atoms with Crippen molar-refractivity contribution in [2.45, 2.75) is 6.42 Å². The van der Waals surface area contributed by atoms with Gasteiger partial charge in [-0.05, 0) is 30.3 Å². The maximum absolute atomic E-state index is 12.8. The number of carbonyl (C=O) groups excluding carboxylic acids is 3. The number of halogens is 1. The van der Waals surface area contributed by atoms with Gasteiger partial charge < -0.3 is 24.4 Å². The Morgan fingerprint density at radius 2 is 1.90 bits per heavy atom. The molecule has 1 N–H and O–H groups in total. The standard InChI is InChI=1S/C21H19BrN2O6/c1-28-21(27)15-9-13(22)2-4-16(15)23-20(26)12-8-19(25)24(11-12)14-3-5-17-18(10-14)30-7-6-29-17/h2-5,9-10,12H,6-8,11H2,1H3,(H,23,26)/t12-/m0/s1. The molecule has 0 unspecified atom stereocenters. The SMILES string of the molecule is COC(=O)c1cc(Br)ccc1NC(=O)[C@H]1CC(=O)N(c2ccc3c(c2)OCCO3)C1. The average molecular weight is 475 g/mol. The van der Waals surface area contributed by atoms with E-state index < -0.39 is 11.9 Å². The van der Waals surface area contributed by atoms with Crippen molar-refractivity contribution in [2.24, 2.45) is 5.92 Å². The van der Waals surface area contributed by atoms with Crippen LogP contribution in [-0.4, -0.2) is 44.7 Å². The van der Waals surface area contributed by atoms with E-state index in [9.17, 15) is 14.4 Å². The first-order valence-corrected chi connectivity index (χ1v) is 10.1. The van der Waals surface area contributed by atoms with Crippen LogP contribution >= 0.6 is 15.9 Å². The average Bonchev–Trinajstić information content (AvgIpc) is 3.15. The van der Waals surface area contributed by atoms with Crippen LogP contribution < -0.4 is 19.7 Å². The molecule has 2 aliphatic rings. The van der Waals surface area contributed by atoms with E-state index in [1.807, 2.05) is 0 Å². The number of amides is 2. The monoisotopic (exact) mass is 474 g/mol. The highest BCUT2D eigenvalue weighted by molar-refractivity contribution is 9.10. The highest BCUT2D eigenvalue weighted by Gasteiger charge is 2.36. The number of rotatable bonds is 4. The Morgan fingerprint density at radius 3 is 2.67 bits per heavy atom. The van der Waals surface area contributed by atoms with E-state index in [0.717, 1.165) is 0 Å². The number of carbonyl (C=O) groups is 3. The number of methoxy groups -OCH3 is 1. The lowest BCUT2D eigenvalue weighted by molar-refractivity contribution is -0.122. The minimum atomic E-state index is -0.563. The highest BCUT2D eigenvalue weighted by atomic mass is 79.9. The van der Waals surface area contributed by atoms with Gasteiger partial charge in [0, 0.05) is 29.2 Å². The number of ether oxygens (including phenoxy) is 3. The second-order valence-corrected chi connectivity index (χ2v) is 7.82. The highest BCUT2D eigenvalue weighted by Crippen LogP contribution is 2.36. The number of hydrogen-bond donors (Lipinski definition) is 1. The molecule has 0 aliphatic carbocycles. The van der Waals surface area contributed by atoms with Crippen molar-refractivity contribution in [3.05, 3.63) is 46.4 Å². The van der Waals surface area contributed by atoms with Crippen LogP contribution in [-0.2, 0) is 14.3 Å². The van der Waals surface area contributed by atoms with Crippen LogP contribution in [0.3, 0.4) is 0 Å². The number of fused-ring (bicyclic) bond motifs is 1. The Hall–Kier alpha value is -3.07. The molecule has 2 heterocycles. The smallest absolute Gasteiger partial charge is 0.340 e. The molecule has 2 aliphatic heterocycles. The molecule has 2 amide bonds. The lowest BCUT2D eigenvalue weighted by Crippen LogP contribution is -2.28. The molecule has 30 heavy (non-hydrogen) atoms. The number of nitrogens with one attached hydrogen (secondary N) is 1. The predicted octanol–water partition coefficient (Wildman–Crippen LogP) is 3.00. The van der Waals surface area contributed by atoms with Gasteiger partial charge in [-0.3, -0.25) is 9.59 Å². The Kier molecular flexibility index (Phi) is 5.63. The molecule has 2 aromatic carbocycles. The molecule has 0 bridgehead atoms. The summed E-state index contributed by atoms with van der Waals surface area (Å²) in [5.41, 5.74) is 1.21. The third kappa shape index (κ3) is 3.97. The zero-order chi connectivity index (χ0) is 21.3. The summed E-state index contributed by atoms with van der Waals surface area (Å²) >= 11 is 3.30. The third-order valence-electron chi connectivity index (χ3n) is 4.98. The molecule has 156 valence electrons. The second-order valence-electron chi connectivity index (χ2n) is 6.90. The van der Waals surface area contributed by atoms with E-state index in [4.69, 9.17) is 14.2 Å². The number of anilines is 2.